The van der Waals surface area contributed by atoms with Crippen LogP contribution < -0.4 is 14.8 Å². The zero-order chi connectivity index (χ0) is 21.3. The maximum atomic E-state index is 12.6. The number of rotatable bonds is 7. The van der Waals surface area contributed by atoms with Crippen LogP contribution in [0.1, 0.15) is 38.7 Å². The third kappa shape index (κ3) is 5.99. The number of carbonyl (C=O) groups excluding carboxylic acids is 1. The molecule has 30 heavy (non-hydrogen) atoms. The fourth-order valence-corrected chi connectivity index (χ4v) is 3.47. The first-order chi connectivity index (χ1) is 14.6. The van der Waals surface area contributed by atoms with Gasteiger partial charge in [-0.1, -0.05) is 44.1 Å². The highest BCUT2D eigenvalue weighted by Gasteiger charge is 2.24. The Balaban J connectivity index is 1.57. The van der Waals surface area contributed by atoms with Crippen LogP contribution in [-0.4, -0.2) is 42.7 Å². The molecular formula is C24H31N3O3. The second kappa shape index (κ2) is 10.7. The smallest absolute Gasteiger partial charge is 0.321 e. The van der Waals surface area contributed by atoms with Crippen LogP contribution in [0.3, 0.4) is 0 Å². The zero-order valence-corrected chi connectivity index (χ0v) is 18.1. The Hall–Kier alpha value is -3.02. The van der Waals surface area contributed by atoms with Gasteiger partial charge >= 0.3 is 6.03 Å². The molecule has 1 aromatic heterocycles. The van der Waals surface area contributed by atoms with Crippen molar-refractivity contribution in [3.05, 3.63) is 53.7 Å². The number of nitrogens with one attached hydrogen (secondary N) is 1. The van der Waals surface area contributed by atoms with E-state index in [4.69, 9.17) is 9.47 Å². The van der Waals surface area contributed by atoms with Crippen molar-refractivity contribution in [3.8, 4) is 11.6 Å². The molecule has 3 rings (SSSR count). The summed E-state index contributed by atoms with van der Waals surface area (Å²) in [5, 5.41) is 2.91. The minimum Gasteiger partial charge on any atom is -0.494 e. The van der Waals surface area contributed by atoms with Crippen LogP contribution in [0.5, 0.6) is 11.6 Å². The van der Waals surface area contributed by atoms with E-state index in [0.29, 0.717) is 30.6 Å². The van der Waals surface area contributed by atoms with Crippen LogP contribution in [0.4, 0.5) is 10.5 Å². The third-order valence-corrected chi connectivity index (χ3v) is 5.26. The van der Waals surface area contributed by atoms with Crippen molar-refractivity contribution in [2.75, 3.05) is 32.1 Å². The summed E-state index contributed by atoms with van der Waals surface area (Å²) >= 11 is 0. The Labute approximate surface area is 178 Å². The average molecular weight is 410 g/mol. The second-order valence-corrected chi connectivity index (χ2v) is 7.61. The standard InChI is InChI=1S/C24H31N3O3/c1-4-5-13-30-22-8-6-7-19(15-22)14-20-11-12-27(17-18(20)2)24(28)26-21-9-10-23(29-3)25-16-21/h6-10,14-16,18H,4-5,11-13,17H2,1-3H3,(H,26,28). The highest BCUT2D eigenvalue weighted by molar-refractivity contribution is 5.89. The van der Waals surface area contributed by atoms with Crippen LogP contribution in [-0.2, 0) is 0 Å². The molecule has 1 N–H and O–H groups in total. The van der Waals surface area contributed by atoms with E-state index in [9.17, 15) is 4.79 Å². The third-order valence-electron chi connectivity index (χ3n) is 5.26. The number of methoxy groups -OCH3 is 1. The Morgan fingerprint density at radius 1 is 1.33 bits per heavy atom. The summed E-state index contributed by atoms with van der Waals surface area (Å²) < 4.78 is 10.9. The number of benzene rings is 1. The summed E-state index contributed by atoms with van der Waals surface area (Å²) in [6.45, 7) is 6.46. The Morgan fingerprint density at radius 3 is 2.90 bits per heavy atom. The summed E-state index contributed by atoms with van der Waals surface area (Å²) in [5.41, 5.74) is 3.17. The van der Waals surface area contributed by atoms with Crippen molar-refractivity contribution in [2.45, 2.75) is 33.1 Å². The Bertz CT molecular complexity index is 864. The number of anilines is 1. The monoisotopic (exact) mass is 409 g/mol. The molecule has 0 bridgehead atoms. The predicted molar refractivity (Wildman–Crippen MR) is 120 cm³/mol. The summed E-state index contributed by atoms with van der Waals surface area (Å²) in [4.78, 5) is 18.6. The molecular weight excluding hydrogens is 378 g/mol. The van der Waals surface area contributed by atoms with E-state index in [-0.39, 0.29) is 6.03 Å². The molecule has 1 saturated heterocycles. The number of carbonyl (C=O) groups is 1. The van der Waals surface area contributed by atoms with Crippen molar-refractivity contribution in [1.82, 2.24) is 9.88 Å². The number of aromatic nitrogens is 1. The number of nitrogens with zero attached hydrogens (tertiary/aromatic N) is 2. The van der Waals surface area contributed by atoms with Crippen LogP contribution in [0.15, 0.2) is 48.2 Å². The largest absolute Gasteiger partial charge is 0.494 e. The first kappa shape index (κ1) is 21.7. The molecule has 6 nitrogen and oxygen atoms in total. The first-order valence-corrected chi connectivity index (χ1v) is 10.6. The molecule has 2 amide bonds. The minimum atomic E-state index is -0.0980. The molecule has 0 saturated carbocycles. The summed E-state index contributed by atoms with van der Waals surface area (Å²) in [7, 11) is 1.57. The number of amides is 2. The highest BCUT2D eigenvalue weighted by Crippen LogP contribution is 2.26. The van der Waals surface area contributed by atoms with Crippen LogP contribution in [0.25, 0.3) is 6.08 Å². The van der Waals surface area contributed by atoms with E-state index >= 15 is 0 Å². The number of hydrogen-bond donors (Lipinski definition) is 1. The number of piperidine rings is 1. The van der Waals surface area contributed by atoms with E-state index in [1.165, 1.54) is 5.57 Å². The summed E-state index contributed by atoms with van der Waals surface area (Å²) in [6, 6.07) is 11.6. The topological polar surface area (TPSA) is 63.7 Å². The maximum absolute atomic E-state index is 12.6. The fraction of sp³-hybridized carbons (Fsp3) is 0.417. The van der Waals surface area contributed by atoms with Crippen molar-refractivity contribution in [1.29, 1.82) is 0 Å². The zero-order valence-electron chi connectivity index (χ0n) is 18.1. The van der Waals surface area contributed by atoms with Gasteiger partial charge in [0.15, 0.2) is 0 Å². The molecule has 1 aromatic carbocycles. The van der Waals surface area contributed by atoms with E-state index in [0.717, 1.165) is 37.2 Å². The van der Waals surface area contributed by atoms with E-state index in [2.05, 4.69) is 42.4 Å². The lowest BCUT2D eigenvalue weighted by molar-refractivity contribution is 0.198. The molecule has 1 unspecified atom stereocenters. The normalized spacial score (nSPS) is 17.6. The molecule has 1 aliphatic heterocycles. The van der Waals surface area contributed by atoms with Crippen molar-refractivity contribution in [2.24, 2.45) is 5.92 Å². The van der Waals surface area contributed by atoms with Gasteiger partial charge in [-0.2, -0.15) is 0 Å². The Kier molecular flexibility index (Phi) is 7.71. The number of ether oxygens (including phenoxy) is 2. The van der Waals surface area contributed by atoms with Gasteiger partial charge in [0.25, 0.3) is 0 Å². The van der Waals surface area contributed by atoms with Gasteiger partial charge in [-0.05, 0) is 42.5 Å². The second-order valence-electron chi connectivity index (χ2n) is 7.61. The van der Waals surface area contributed by atoms with E-state index in [1.54, 1.807) is 25.4 Å². The van der Waals surface area contributed by atoms with Crippen LogP contribution in [0.2, 0.25) is 0 Å². The molecule has 2 aromatic rings. The van der Waals surface area contributed by atoms with Gasteiger partial charge in [0.1, 0.15) is 5.75 Å². The van der Waals surface area contributed by atoms with Crippen molar-refractivity contribution < 1.29 is 14.3 Å². The number of unbranched alkanes of at least 4 members (excludes halogenated alkanes) is 1. The van der Waals surface area contributed by atoms with Gasteiger partial charge in [0.05, 0.1) is 25.6 Å². The van der Waals surface area contributed by atoms with Crippen LogP contribution in [0, 0.1) is 5.92 Å². The molecule has 0 radical (unpaired) electrons. The number of urea groups is 1. The van der Waals surface area contributed by atoms with Gasteiger partial charge in [-0.15, -0.1) is 0 Å². The minimum absolute atomic E-state index is 0.0980. The first-order valence-electron chi connectivity index (χ1n) is 10.6. The van der Waals surface area contributed by atoms with Gasteiger partial charge in [0, 0.05) is 19.2 Å². The average Bonchev–Trinajstić information content (AvgIpc) is 2.76. The molecule has 1 aliphatic rings. The number of hydrogen-bond acceptors (Lipinski definition) is 4. The molecule has 160 valence electrons. The fourth-order valence-electron chi connectivity index (χ4n) is 3.47. The van der Waals surface area contributed by atoms with Gasteiger partial charge in [0.2, 0.25) is 5.88 Å². The van der Waals surface area contributed by atoms with Gasteiger partial charge < -0.3 is 19.7 Å². The SMILES string of the molecule is CCCCOc1cccc(C=C2CCN(C(=O)Nc3ccc(OC)nc3)CC2C)c1. The lowest BCUT2D eigenvalue weighted by atomic mass is 9.91. The lowest BCUT2D eigenvalue weighted by Crippen LogP contribution is -2.42. The van der Waals surface area contributed by atoms with Crippen molar-refractivity contribution in [3.63, 3.8) is 0 Å². The maximum Gasteiger partial charge on any atom is 0.321 e. The molecule has 0 aliphatic carbocycles. The van der Waals surface area contributed by atoms with Gasteiger partial charge in [-0.25, -0.2) is 9.78 Å². The predicted octanol–water partition coefficient (Wildman–Crippen LogP) is 5.23. The number of pyridine rings is 1. The highest BCUT2D eigenvalue weighted by atomic mass is 16.5. The van der Waals surface area contributed by atoms with Crippen molar-refractivity contribution >= 4 is 17.8 Å². The molecule has 1 atom stereocenters. The van der Waals surface area contributed by atoms with E-state index < -0.39 is 0 Å². The molecule has 6 heteroatoms. The lowest BCUT2D eigenvalue weighted by Gasteiger charge is -2.33. The quantitative estimate of drug-likeness (QED) is 0.636. The molecule has 0 spiro atoms. The molecule has 2 heterocycles. The molecule has 1 fully saturated rings. The summed E-state index contributed by atoms with van der Waals surface area (Å²) in [5.74, 6) is 1.73. The summed E-state index contributed by atoms with van der Waals surface area (Å²) in [6.07, 6.45) is 6.88. The van der Waals surface area contributed by atoms with Crippen LogP contribution >= 0.6 is 0 Å². The van der Waals surface area contributed by atoms with Gasteiger partial charge in [-0.3, -0.25) is 0 Å². The van der Waals surface area contributed by atoms with E-state index in [1.807, 2.05) is 17.0 Å². The Morgan fingerprint density at radius 2 is 2.20 bits per heavy atom. The number of likely N-dealkylation sites (tertiary alicyclic amines) is 1.